The summed E-state index contributed by atoms with van der Waals surface area (Å²) in [4.78, 5) is 18.6. The van der Waals surface area contributed by atoms with E-state index in [0.717, 1.165) is 24.2 Å². The lowest BCUT2D eigenvalue weighted by molar-refractivity contribution is -0.136. The average molecular weight is 258 g/mol. The van der Waals surface area contributed by atoms with Gasteiger partial charge in [0.05, 0.1) is 0 Å². The molecule has 0 saturated heterocycles. The van der Waals surface area contributed by atoms with Crippen LogP contribution < -0.4 is 0 Å². The SMILES string of the molecule is CCN(C=C1C(=O)ON=C1c1cccc(C)c1)CC. The Morgan fingerprint density at radius 2 is 2.05 bits per heavy atom. The largest absolute Gasteiger partial charge is 0.377 e. The maximum atomic E-state index is 11.8. The monoisotopic (exact) mass is 258 g/mol. The minimum atomic E-state index is -0.386. The number of carbonyl (C=O) groups is 1. The molecule has 0 atom stereocenters. The summed E-state index contributed by atoms with van der Waals surface area (Å²) in [5, 5.41) is 3.90. The Kier molecular flexibility index (Phi) is 4.00. The molecule has 1 aliphatic heterocycles. The number of carbonyl (C=O) groups excluding carboxylic acids is 1. The van der Waals surface area contributed by atoms with Gasteiger partial charge in [-0.15, -0.1) is 0 Å². The van der Waals surface area contributed by atoms with E-state index in [1.165, 1.54) is 0 Å². The third kappa shape index (κ3) is 2.84. The third-order valence-electron chi connectivity index (χ3n) is 3.11. The zero-order valence-corrected chi connectivity index (χ0v) is 11.5. The molecule has 0 aliphatic carbocycles. The summed E-state index contributed by atoms with van der Waals surface area (Å²) in [6.07, 6.45) is 1.83. The van der Waals surface area contributed by atoms with Gasteiger partial charge < -0.3 is 9.74 Å². The summed E-state index contributed by atoms with van der Waals surface area (Å²) in [7, 11) is 0. The molecule has 19 heavy (non-hydrogen) atoms. The Morgan fingerprint density at radius 3 is 2.68 bits per heavy atom. The van der Waals surface area contributed by atoms with Gasteiger partial charge in [0.25, 0.3) is 0 Å². The van der Waals surface area contributed by atoms with E-state index in [0.29, 0.717) is 11.3 Å². The molecule has 0 bridgehead atoms. The maximum absolute atomic E-state index is 11.8. The molecule has 100 valence electrons. The van der Waals surface area contributed by atoms with Gasteiger partial charge in [-0.2, -0.15) is 0 Å². The number of hydrogen-bond acceptors (Lipinski definition) is 4. The van der Waals surface area contributed by atoms with Crippen LogP contribution in [0, 0.1) is 6.92 Å². The second kappa shape index (κ2) is 5.69. The standard InChI is InChI=1S/C15H18N2O2/c1-4-17(5-2)10-13-14(16-19-15(13)18)12-8-6-7-11(3)9-12/h6-10H,4-5H2,1-3H3. The third-order valence-corrected chi connectivity index (χ3v) is 3.11. The van der Waals surface area contributed by atoms with Crippen molar-refractivity contribution in [3.63, 3.8) is 0 Å². The Hall–Kier alpha value is -2.10. The van der Waals surface area contributed by atoms with Gasteiger partial charge in [0.2, 0.25) is 0 Å². The first-order valence-corrected chi connectivity index (χ1v) is 6.48. The smallest absolute Gasteiger partial charge is 0.369 e. The fourth-order valence-electron chi connectivity index (χ4n) is 1.99. The zero-order valence-electron chi connectivity index (χ0n) is 11.5. The molecule has 1 aliphatic rings. The van der Waals surface area contributed by atoms with Crippen molar-refractivity contribution in [1.29, 1.82) is 0 Å². The van der Waals surface area contributed by atoms with Gasteiger partial charge >= 0.3 is 5.97 Å². The van der Waals surface area contributed by atoms with Gasteiger partial charge in [0, 0.05) is 24.9 Å². The van der Waals surface area contributed by atoms with E-state index in [1.807, 2.05) is 56.1 Å². The van der Waals surface area contributed by atoms with Gasteiger partial charge in [-0.1, -0.05) is 28.9 Å². The highest BCUT2D eigenvalue weighted by Crippen LogP contribution is 2.19. The Bertz CT molecular complexity index is 543. The molecule has 0 amide bonds. The van der Waals surface area contributed by atoms with Crippen LogP contribution in [-0.4, -0.2) is 29.7 Å². The van der Waals surface area contributed by atoms with Crippen molar-refractivity contribution < 1.29 is 9.63 Å². The summed E-state index contributed by atoms with van der Waals surface area (Å²) in [6.45, 7) is 7.78. The van der Waals surface area contributed by atoms with Crippen molar-refractivity contribution in [2.45, 2.75) is 20.8 Å². The molecule has 0 saturated carbocycles. The predicted molar refractivity (Wildman–Crippen MR) is 74.8 cm³/mol. The fraction of sp³-hybridized carbons (Fsp3) is 0.333. The number of rotatable bonds is 4. The average Bonchev–Trinajstić information content (AvgIpc) is 2.77. The second-order valence-electron chi connectivity index (χ2n) is 4.45. The summed E-state index contributed by atoms with van der Waals surface area (Å²) in [5.41, 5.74) is 3.17. The highest BCUT2D eigenvalue weighted by molar-refractivity contribution is 6.28. The van der Waals surface area contributed by atoms with Crippen molar-refractivity contribution in [2.24, 2.45) is 5.16 Å². The zero-order chi connectivity index (χ0) is 13.8. The Labute approximate surface area is 113 Å². The normalized spacial score (nSPS) is 16.5. The van der Waals surface area contributed by atoms with E-state index < -0.39 is 0 Å². The molecule has 4 nitrogen and oxygen atoms in total. The van der Waals surface area contributed by atoms with Gasteiger partial charge in [-0.25, -0.2) is 4.79 Å². The molecule has 0 spiro atoms. The molecule has 1 heterocycles. The summed E-state index contributed by atoms with van der Waals surface area (Å²) >= 11 is 0. The topological polar surface area (TPSA) is 41.9 Å². The maximum Gasteiger partial charge on any atom is 0.369 e. The fourth-order valence-corrected chi connectivity index (χ4v) is 1.99. The molecule has 0 fully saturated rings. The van der Waals surface area contributed by atoms with E-state index in [2.05, 4.69) is 5.16 Å². The number of nitrogens with zero attached hydrogens (tertiary/aromatic N) is 2. The van der Waals surface area contributed by atoms with Crippen LogP contribution in [0.15, 0.2) is 41.2 Å². The van der Waals surface area contributed by atoms with Crippen LogP contribution in [0.1, 0.15) is 25.0 Å². The van der Waals surface area contributed by atoms with Gasteiger partial charge in [-0.3, -0.25) is 0 Å². The molecular formula is C15H18N2O2. The van der Waals surface area contributed by atoms with Crippen LogP contribution in [0.4, 0.5) is 0 Å². The molecule has 1 aromatic carbocycles. The first-order valence-electron chi connectivity index (χ1n) is 6.48. The lowest BCUT2D eigenvalue weighted by Gasteiger charge is -2.15. The summed E-state index contributed by atoms with van der Waals surface area (Å²) < 4.78 is 0. The molecule has 0 aromatic heterocycles. The van der Waals surface area contributed by atoms with Crippen molar-refractivity contribution >= 4 is 11.7 Å². The van der Waals surface area contributed by atoms with Crippen molar-refractivity contribution in [1.82, 2.24) is 4.90 Å². The molecular weight excluding hydrogens is 240 g/mol. The van der Waals surface area contributed by atoms with Crippen molar-refractivity contribution in [2.75, 3.05) is 13.1 Å². The lowest BCUT2D eigenvalue weighted by Crippen LogP contribution is -2.19. The van der Waals surface area contributed by atoms with E-state index in [9.17, 15) is 4.79 Å². The minimum Gasteiger partial charge on any atom is -0.377 e. The molecule has 0 unspecified atom stereocenters. The van der Waals surface area contributed by atoms with Gasteiger partial charge in [0.15, 0.2) is 0 Å². The molecule has 2 rings (SSSR count). The van der Waals surface area contributed by atoms with Gasteiger partial charge in [0.1, 0.15) is 11.3 Å². The van der Waals surface area contributed by atoms with Crippen molar-refractivity contribution in [3.8, 4) is 0 Å². The highest BCUT2D eigenvalue weighted by Gasteiger charge is 2.27. The number of oxime groups is 1. The summed E-state index contributed by atoms with van der Waals surface area (Å²) in [6, 6.07) is 7.89. The van der Waals surface area contributed by atoms with E-state index >= 15 is 0 Å². The second-order valence-corrected chi connectivity index (χ2v) is 4.45. The minimum absolute atomic E-state index is 0.386. The van der Waals surface area contributed by atoms with Crippen LogP contribution in [0.5, 0.6) is 0 Å². The highest BCUT2D eigenvalue weighted by atomic mass is 16.7. The quantitative estimate of drug-likeness (QED) is 0.615. The Morgan fingerprint density at radius 1 is 1.32 bits per heavy atom. The molecule has 0 radical (unpaired) electrons. The van der Waals surface area contributed by atoms with Crippen LogP contribution in [0.25, 0.3) is 0 Å². The number of aryl methyl sites for hydroxylation is 1. The van der Waals surface area contributed by atoms with Crippen LogP contribution in [0.3, 0.4) is 0 Å². The number of benzene rings is 1. The van der Waals surface area contributed by atoms with Crippen LogP contribution >= 0.6 is 0 Å². The van der Waals surface area contributed by atoms with Gasteiger partial charge in [-0.05, 0) is 26.8 Å². The summed E-state index contributed by atoms with van der Waals surface area (Å²) in [5.74, 6) is -0.386. The lowest BCUT2D eigenvalue weighted by atomic mass is 10.0. The van der Waals surface area contributed by atoms with E-state index in [1.54, 1.807) is 0 Å². The van der Waals surface area contributed by atoms with Crippen LogP contribution in [0.2, 0.25) is 0 Å². The Balaban J connectivity index is 2.37. The molecule has 4 heteroatoms. The van der Waals surface area contributed by atoms with Crippen molar-refractivity contribution in [3.05, 3.63) is 47.2 Å². The van der Waals surface area contributed by atoms with Crippen LogP contribution in [-0.2, 0) is 9.63 Å². The predicted octanol–water partition coefficient (Wildman–Crippen LogP) is 2.48. The first kappa shape index (κ1) is 13.3. The molecule has 1 aromatic rings. The van der Waals surface area contributed by atoms with E-state index in [4.69, 9.17) is 4.84 Å². The van der Waals surface area contributed by atoms with E-state index in [-0.39, 0.29) is 5.97 Å². The molecule has 0 N–H and O–H groups in total. The first-order chi connectivity index (χ1) is 9.15. The number of hydrogen-bond donors (Lipinski definition) is 0.